The van der Waals surface area contributed by atoms with Crippen molar-refractivity contribution in [2.45, 2.75) is 19.4 Å². The number of halogens is 1. The molecule has 0 aromatic heterocycles. The Labute approximate surface area is 143 Å². The fourth-order valence-electron chi connectivity index (χ4n) is 2.26. The van der Waals surface area contributed by atoms with Gasteiger partial charge in [0, 0.05) is 10.7 Å². The number of thioether (sulfide) groups is 1. The number of imide groups is 1. The number of anilines is 1. The van der Waals surface area contributed by atoms with Gasteiger partial charge in [0.2, 0.25) is 5.91 Å². The quantitative estimate of drug-likeness (QED) is 0.767. The third-order valence-electron chi connectivity index (χ3n) is 3.48. The molecular weight excluding hydrogens is 338 g/mol. The fourth-order valence-corrected chi connectivity index (χ4v) is 2.96. The minimum absolute atomic E-state index is 0.303. The summed E-state index contributed by atoms with van der Waals surface area (Å²) in [6.07, 6.45) is 2.49. The summed E-state index contributed by atoms with van der Waals surface area (Å²) in [5.41, 5.74) is 1.41. The first-order chi connectivity index (χ1) is 10.9. The van der Waals surface area contributed by atoms with Crippen LogP contribution in [0.4, 0.5) is 10.5 Å². The van der Waals surface area contributed by atoms with Crippen LogP contribution in [0.25, 0.3) is 0 Å². The first-order valence-electron chi connectivity index (χ1n) is 7.09. The molecule has 1 atom stereocenters. The third-order valence-corrected chi connectivity index (χ3v) is 4.36. The second-order valence-electron chi connectivity index (χ2n) is 5.22. The lowest BCUT2D eigenvalue weighted by Crippen LogP contribution is -2.38. The maximum Gasteiger partial charge on any atom is 0.325 e. The molecule has 2 N–H and O–H groups in total. The number of hydrogen-bond acceptors (Lipinski definition) is 4. The number of carbonyl (C=O) groups is 3. The van der Waals surface area contributed by atoms with E-state index in [0.717, 1.165) is 16.2 Å². The zero-order valence-electron chi connectivity index (χ0n) is 12.9. The highest BCUT2D eigenvalue weighted by atomic mass is 35.5. The second kappa shape index (κ2) is 7.70. The number of rotatable bonds is 6. The Balaban J connectivity index is 1.97. The van der Waals surface area contributed by atoms with Crippen molar-refractivity contribution in [2.24, 2.45) is 0 Å². The summed E-state index contributed by atoms with van der Waals surface area (Å²) in [4.78, 5) is 37.0. The average Bonchev–Trinajstić information content (AvgIpc) is 2.75. The highest BCUT2D eigenvalue weighted by molar-refractivity contribution is 7.98. The molecule has 124 valence electrons. The summed E-state index contributed by atoms with van der Waals surface area (Å²) in [6.45, 7) is 1.51. The Morgan fingerprint density at radius 3 is 2.83 bits per heavy atom. The van der Waals surface area contributed by atoms with Crippen LogP contribution in [-0.2, 0) is 9.59 Å². The van der Waals surface area contributed by atoms with E-state index >= 15 is 0 Å². The zero-order valence-corrected chi connectivity index (χ0v) is 14.5. The lowest BCUT2D eigenvalue weighted by Gasteiger charge is -2.14. The van der Waals surface area contributed by atoms with Crippen molar-refractivity contribution >= 4 is 46.9 Å². The van der Waals surface area contributed by atoms with Crippen LogP contribution in [0.5, 0.6) is 0 Å². The van der Waals surface area contributed by atoms with Crippen molar-refractivity contribution in [2.75, 3.05) is 23.9 Å². The molecule has 23 heavy (non-hydrogen) atoms. The largest absolute Gasteiger partial charge is 0.326 e. The van der Waals surface area contributed by atoms with Crippen LogP contribution < -0.4 is 10.6 Å². The first kappa shape index (κ1) is 17.6. The number of nitrogens with zero attached hydrogens (tertiary/aromatic N) is 1. The Morgan fingerprint density at radius 1 is 1.43 bits per heavy atom. The Kier molecular flexibility index (Phi) is 5.90. The monoisotopic (exact) mass is 355 g/mol. The van der Waals surface area contributed by atoms with Gasteiger partial charge in [-0.25, -0.2) is 4.79 Å². The Hall–Kier alpha value is -1.73. The molecule has 0 saturated carbocycles. The minimum Gasteiger partial charge on any atom is -0.326 e. The molecule has 0 bridgehead atoms. The molecule has 0 aliphatic carbocycles. The smallest absolute Gasteiger partial charge is 0.325 e. The van der Waals surface area contributed by atoms with Gasteiger partial charge in [-0.1, -0.05) is 11.6 Å². The number of aryl methyl sites for hydroxylation is 1. The number of benzene rings is 1. The van der Waals surface area contributed by atoms with Crippen LogP contribution in [0.15, 0.2) is 18.2 Å². The van der Waals surface area contributed by atoms with Gasteiger partial charge in [0.1, 0.15) is 12.6 Å². The summed E-state index contributed by atoms with van der Waals surface area (Å²) in [5, 5.41) is 5.87. The molecule has 1 fully saturated rings. The van der Waals surface area contributed by atoms with E-state index in [1.54, 1.807) is 30.0 Å². The van der Waals surface area contributed by atoms with Gasteiger partial charge < -0.3 is 10.6 Å². The number of urea groups is 1. The van der Waals surface area contributed by atoms with E-state index in [4.69, 9.17) is 11.6 Å². The van der Waals surface area contributed by atoms with Crippen LogP contribution in [0.3, 0.4) is 0 Å². The highest BCUT2D eigenvalue weighted by Gasteiger charge is 2.38. The number of hydrogen-bond donors (Lipinski definition) is 2. The maximum atomic E-state index is 12.2. The highest BCUT2D eigenvalue weighted by Crippen LogP contribution is 2.20. The van der Waals surface area contributed by atoms with Crippen molar-refractivity contribution in [3.63, 3.8) is 0 Å². The lowest BCUT2D eigenvalue weighted by atomic mass is 10.2. The van der Waals surface area contributed by atoms with E-state index in [1.165, 1.54) is 0 Å². The van der Waals surface area contributed by atoms with Gasteiger partial charge in [0.05, 0.1) is 0 Å². The van der Waals surface area contributed by atoms with Gasteiger partial charge in [-0.2, -0.15) is 11.8 Å². The normalized spacial score (nSPS) is 17.3. The summed E-state index contributed by atoms with van der Waals surface area (Å²) in [5.74, 6) is -0.0165. The predicted molar refractivity (Wildman–Crippen MR) is 91.9 cm³/mol. The maximum absolute atomic E-state index is 12.2. The molecule has 1 saturated heterocycles. The van der Waals surface area contributed by atoms with E-state index in [2.05, 4.69) is 10.6 Å². The molecule has 1 aromatic carbocycles. The van der Waals surface area contributed by atoms with E-state index in [9.17, 15) is 14.4 Å². The molecule has 0 spiro atoms. The number of carbonyl (C=O) groups excluding carboxylic acids is 3. The van der Waals surface area contributed by atoms with Crippen molar-refractivity contribution < 1.29 is 14.4 Å². The van der Waals surface area contributed by atoms with Crippen LogP contribution >= 0.6 is 23.4 Å². The van der Waals surface area contributed by atoms with E-state index < -0.39 is 18.0 Å². The molecule has 6 nitrogen and oxygen atoms in total. The standard InChI is InChI=1S/C15H18ClN3O3S/c1-9-7-10(16)3-4-11(9)17-13(20)8-19-14(21)12(5-6-23-2)18-15(19)22/h3-4,7,12H,5-6,8H2,1-2H3,(H,17,20)(H,18,22)/t12-/m1/s1. The van der Waals surface area contributed by atoms with Crippen LogP contribution in [0, 0.1) is 6.92 Å². The van der Waals surface area contributed by atoms with E-state index in [0.29, 0.717) is 17.1 Å². The molecule has 1 aliphatic rings. The molecule has 1 heterocycles. The Morgan fingerprint density at radius 2 is 2.17 bits per heavy atom. The fraction of sp³-hybridized carbons (Fsp3) is 0.400. The van der Waals surface area contributed by atoms with Crippen molar-refractivity contribution in [3.8, 4) is 0 Å². The van der Waals surface area contributed by atoms with Gasteiger partial charge in [-0.05, 0) is 49.1 Å². The zero-order chi connectivity index (χ0) is 17.0. The molecular formula is C15H18ClN3O3S. The van der Waals surface area contributed by atoms with Crippen molar-refractivity contribution in [3.05, 3.63) is 28.8 Å². The predicted octanol–water partition coefficient (Wildman–Crippen LogP) is 2.26. The molecule has 1 aromatic rings. The van der Waals surface area contributed by atoms with Gasteiger partial charge in [-0.3, -0.25) is 14.5 Å². The molecule has 2 rings (SSSR count). The van der Waals surface area contributed by atoms with Crippen LogP contribution in [0.1, 0.15) is 12.0 Å². The third kappa shape index (κ3) is 4.39. The van der Waals surface area contributed by atoms with Crippen molar-refractivity contribution in [1.29, 1.82) is 0 Å². The number of nitrogens with one attached hydrogen (secondary N) is 2. The molecule has 4 amide bonds. The first-order valence-corrected chi connectivity index (χ1v) is 8.86. The molecule has 0 unspecified atom stereocenters. The van der Waals surface area contributed by atoms with Gasteiger partial charge in [0.25, 0.3) is 5.91 Å². The SMILES string of the molecule is CSCC[C@H]1NC(=O)N(CC(=O)Nc2ccc(Cl)cc2C)C1=O. The van der Waals surface area contributed by atoms with Gasteiger partial charge >= 0.3 is 6.03 Å². The lowest BCUT2D eigenvalue weighted by molar-refractivity contribution is -0.130. The molecule has 0 radical (unpaired) electrons. The summed E-state index contributed by atoms with van der Waals surface area (Å²) in [6, 6.07) is 4.01. The minimum atomic E-state index is -0.542. The van der Waals surface area contributed by atoms with Gasteiger partial charge in [-0.15, -0.1) is 0 Å². The van der Waals surface area contributed by atoms with E-state index in [-0.39, 0.29) is 12.5 Å². The van der Waals surface area contributed by atoms with Crippen LogP contribution in [0.2, 0.25) is 5.02 Å². The summed E-state index contributed by atoms with van der Waals surface area (Å²) < 4.78 is 0. The molecule has 8 heteroatoms. The molecule has 1 aliphatic heterocycles. The second-order valence-corrected chi connectivity index (χ2v) is 6.64. The van der Waals surface area contributed by atoms with Gasteiger partial charge in [0.15, 0.2) is 0 Å². The average molecular weight is 356 g/mol. The van der Waals surface area contributed by atoms with E-state index in [1.807, 2.05) is 13.2 Å². The summed E-state index contributed by atoms with van der Waals surface area (Å²) >= 11 is 7.47. The van der Waals surface area contributed by atoms with Crippen molar-refractivity contribution in [1.82, 2.24) is 10.2 Å². The van der Waals surface area contributed by atoms with Crippen LogP contribution in [-0.4, -0.2) is 47.3 Å². The summed E-state index contributed by atoms with van der Waals surface area (Å²) in [7, 11) is 0. The Bertz CT molecular complexity index is 638. The topological polar surface area (TPSA) is 78.5 Å². The number of amides is 4.